The van der Waals surface area contributed by atoms with Crippen molar-refractivity contribution in [2.75, 3.05) is 0 Å². The molecule has 1 aliphatic rings. The zero-order valence-electron chi connectivity index (χ0n) is 11.7. The number of nitrogens with one attached hydrogen (secondary N) is 1. The molecule has 1 heterocycles. The number of amides is 1. The van der Waals surface area contributed by atoms with Crippen molar-refractivity contribution in [1.82, 2.24) is 5.32 Å². The van der Waals surface area contributed by atoms with Crippen LogP contribution in [0.3, 0.4) is 0 Å². The molecular formula is C15H20N2O. The summed E-state index contributed by atoms with van der Waals surface area (Å²) in [6, 6.07) is 8.08. The minimum atomic E-state index is -0.491. The number of hydrogen-bond donors (Lipinski definition) is 1. The Morgan fingerprint density at radius 2 is 1.67 bits per heavy atom. The van der Waals surface area contributed by atoms with E-state index in [9.17, 15) is 4.79 Å². The van der Waals surface area contributed by atoms with Crippen LogP contribution in [0.2, 0.25) is 0 Å². The minimum Gasteiger partial charge on any atom is -0.327 e. The molecule has 0 unspecified atom stereocenters. The maximum absolute atomic E-state index is 11.8. The molecule has 3 nitrogen and oxygen atoms in total. The lowest BCUT2D eigenvalue weighted by Gasteiger charge is -2.19. The molecule has 18 heavy (non-hydrogen) atoms. The van der Waals surface area contributed by atoms with E-state index in [1.54, 1.807) is 0 Å². The van der Waals surface area contributed by atoms with Gasteiger partial charge in [0.1, 0.15) is 11.4 Å². The molecule has 96 valence electrons. The van der Waals surface area contributed by atoms with E-state index < -0.39 is 5.66 Å². The van der Waals surface area contributed by atoms with E-state index in [1.807, 2.05) is 26.0 Å². The molecule has 1 aliphatic heterocycles. The number of aliphatic imine (C=N–C) groups is 1. The van der Waals surface area contributed by atoms with Gasteiger partial charge in [-0.05, 0) is 24.8 Å². The molecule has 0 fully saturated rings. The highest BCUT2D eigenvalue weighted by Crippen LogP contribution is 2.23. The van der Waals surface area contributed by atoms with Crippen LogP contribution in [0.1, 0.15) is 45.7 Å². The van der Waals surface area contributed by atoms with Gasteiger partial charge in [-0.2, -0.15) is 0 Å². The van der Waals surface area contributed by atoms with Crippen LogP contribution in [0, 0.1) is 0 Å². The Kier molecular flexibility index (Phi) is 2.80. The quantitative estimate of drug-likeness (QED) is 0.810. The molecule has 1 aromatic carbocycles. The highest BCUT2D eigenvalue weighted by molar-refractivity contribution is 6.46. The van der Waals surface area contributed by atoms with Gasteiger partial charge in [-0.25, -0.2) is 0 Å². The molecule has 3 heteroatoms. The van der Waals surface area contributed by atoms with Gasteiger partial charge in [0.05, 0.1) is 0 Å². The zero-order valence-corrected chi connectivity index (χ0v) is 11.7. The summed E-state index contributed by atoms with van der Waals surface area (Å²) < 4.78 is 0. The number of rotatable bonds is 1. The van der Waals surface area contributed by atoms with E-state index in [0.29, 0.717) is 5.71 Å². The molecular weight excluding hydrogens is 224 g/mol. The Hall–Kier alpha value is -1.64. The monoisotopic (exact) mass is 244 g/mol. The lowest BCUT2D eigenvalue weighted by atomic mass is 9.86. The van der Waals surface area contributed by atoms with Crippen LogP contribution in [0.15, 0.2) is 29.3 Å². The van der Waals surface area contributed by atoms with Gasteiger partial charge in [-0.1, -0.05) is 45.0 Å². The lowest BCUT2D eigenvalue weighted by molar-refractivity contribution is -0.115. The van der Waals surface area contributed by atoms with E-state index >= 15 is 0 Å². The Morgan fingerprint density at radius 3 is 2.06 bits per heavy atom. The van der Waals surface area contributed by atoms with Crippen molar-refractivity contribution in [3.8, 4) is 0 Å². The number of carbonyl (C=O) groups excluding carboxylic acids is 1. The van der Waals surface area contributed by atoms with Crippen molar-refractivity contribution < 1.29 is 4.79 Å². The normalized spacial score (nSPS) is 18.5. The summed E-state index contributed by atoms with van der Waals surface area (Å²) >= 11 is 0. The fraction of sp³-hybridized carbons (Fsp3) is 0.467. The van der Waals surface area contributed by atoms with Gasteiger partial charge in [0, 0.05) is 5.56 Å². The molecule has 0 bridgehead atoms. The summed E-state index contributed by atoms with van der Waals surface area (Å²) in [4.78, 5) is 16.2. The molecule has 0 spiro atoms. The first-order valence-electron chi connectivity index (χ1n) is 6.22. The molecule has 1 amide bonds. The van der Waals surface area contributed by atoms with Crippen molar-refractivity contribution in [3.05, 3.63) is 35.4 Å². The second kappa shape index (κ2) is 3.94. The first-order valence-corrected chi connectivity index (χ1v) is 6.22. The average molecular weight is 244 g/mol. The van der Waals surface area contributed by atoms with Crippen molar-refractivity contribution in [1.29, 1.82) is 0 Å². The molecule has 0 aliphatic carbocycles. The van der Waals surface area contributed by atoms with Crippen LogP contribution in [0.4, 0.5) is 0 Å². The van der Waals surface area contributed by atoms with E-state index in [2.05, 4.69) is 43.2 Å². The van der Waals surface area contributed by atoms with Gasteiger partial charge in [-0.3, -0.25) is 9.79 Å². The van der Waals surface area contributed by atoms with E-state index in [4.69, 9.17) is 0 Å². The SMILES string of the molecule is CC1(C)N=C(c2ccc(C(C)(C)C)cc2)C(=O)N1. The summed E-state index contributed by atoms with van der Waals surface area (Å²) in [6.07, 6.45) is 0. The van der Waals surface area contributed by atoms with Crippen molar-refractivity contribution >= 4 is 11.6 Å². The van der Waals surface area contributed by atoms with Gasteiger partial charge in [-0.15, -0.1) is 0 Å². The molecule has 0 radical (unpaired) electrons. The van der Waals surface area contributed by atoms with Gasteiger partial charge in [0.2, 0.25) is 0 Å². The molecule has 0 aromatic heterocycles. The lowest BCUT2D eigenvalue weighted by Crippen LogP contribution is -2.36. The fourth-order valence-corrected chi connectivity index (χ4v) is 2.02. The Bertz CT molecular complexity index is 504. The molecule has 0 atom stereocenters. The third-order valence-corrected chi connectivity index (χ3v) is 3.05. The van der Waals surface area contributed by atoms with Gasteiger partial charge < -0.3 is 5.32 Å². The summed E-state index contributed by atoms with van der Waals surface area (Å²) in [5, 5.41) is 2.84. The zero-order chi connectivity index (χ0) is 13.6. The number of hydrogen-bond acceptors (Lipinski definition) is 2. The Labute approximate surface area is 108 Å². The third-order valence-electron chi connectivity index (χ3n) is 3.05. The predicted octanol–water partition coefficient (Wildman–Crippen LogP) is 2.64. The molecule has 2 rings (SSSR count). The van der Waals surface area contributed by atoms with Crippen LogP contribution in [-0.2, 0) is 10.2 Å². The van der Waals surface area contributed by atoms with Gasteiger partial charge in [0.15, 0.2) is 0 Å². The predicted molar refractivity (Wildman–Crippen MR) is 73.9 cm³/mol. The van der Waals surface area contributed by atoms with E-state index in [0.717, 1.165) is 5.56 Å². The Balaban J connectivity index is 2.34. The molecule has 0 saturated heterocycles. The molecule has 1 N–H and O–H groups in total. The Morgan fingerprint density at radius 1 is 1.11 bits per heavy atom. The third kappa shape index (κ3) is 2.45. The smallest absolute Gasteiger partial charge is 0.271 e. The number of carbonyl (C=O) groups is 1. The van der Waals surface area contributed by atoms with E-state index in [-0.39, 0.29) is 11.3 Å². The largest absolute Gasteiger partial charge is 0.327 e. The number of nitrogens with zero attached hydrogens (tertiary/aromatic N) is 1. The summed E-state index contributed by atoms with van der Waals surface area (Å²) in [5.74, 6) is -0.0940. The second-order valence-corrected chi connectivity index (χ2v) is 6.30. The maximum Gasteiger partial charge on any atom is 0.271 e. The topological polar surface area (TPSA) is 41.5 Å². The first kappa shape index (κ1) is 12.8. The summed E-state index contributed by atoms with van der Waals surface area (Å²) in [7, 11) is 0. The number of benzene rings is 1. The van der Waals surface area contributed by atoms with Gasteiger partial charge >= 0.3 is 0 Å². The van der Waals surface area contributed by atoms with E-state index in [1.165, 1.54) is 5.56 Å². The average Bonchev–Trinajstić information content (AvgIpc) is 2.51. The molecule has 1 aromatic rings. The van der Waals surface area contributed by atoms with Crippen LogP contribution in [0.5, 0.6) is 0 Å². The van der Waals surface area contributed by atoms with Crippen molar-refractivity contribution in [2.24, 2.45) is 4.99 Å². The second-order valence-electron chi connectivity index (χ2n) is 6.30. The minimum absolute atomic E-state index is 0.0940. The maximum atomic E-state index is 11.8. The van der Waals surface area contributed by atoms with Gasteiger partial charge in [0.25, 0.3) is 5.91 Å². The van der Waals surface area contributed by atoms with Crippen molar-refractivity contribution in [3.63, 3.8) is 0 Å². The van der Waals surface area contributed by atoms with Crippen LogP contribution in [-0.4, -0.2) is 17.3 Å². The van der Waals surface area contributed by atoms with Crippen LogP contribution >= 0.6 is 0 Å². The summed E-state index contributed by atoms with van der Waals surface area (Å²) in [6.45, 7) is 10.3. The van der Waals surface area contributed by atoms with Crippen LogP contribution < -0.4 is 5.32 Å². The highest BCUT2D eigenvalue weighted by Gasteiger charge is 2.31. The van der Waals surface area contributed by atoms with Crippen LogP contribution in [0.25, 0.3) is 0 Å². The first-order chi connectivity index (χ1) is 8.19. The highest BCUT2D eigenvalue weighted by atomic mass is 16.2. The summed E-state index contributed by atoms with van der Waals surface area (Å²) in [5.41, 5.74) is 2.29. The van der Waals surface area contributed by atoms with Crippen molar-refractivity contribution in [2.45, 2.75) is 45.7 Å². The molecule has 0 saturated carbocycles. The standard InChI is InChI=1S/C15H20N2O/c1-14(2,3)11-8-6-10(7-9-11)12-13(18)17-15(4,5)16-12/h6-9H,1-5H3,(H,17,18). The fourth-order valence-electron chi connectivity index (χ4n) is 2.02.